The highest BCUT2D eigenvalue weighted by Gasteiger charge is 2.34. The third-order valence-electron chi connectivity index (χ3n) is 4.96. The first kappa shape index (κ1) is 17.7. The second-order valence-corrected chi connectivity index (χ2v) is 6.82. The normalized spacial score (nSPS) is 15.7. The second-order valence-electron chi connectivity index (χ2n) is 6.82. The minimum Gasteiger partial charge on any atom is -0.308 e. The van der Waals surface area contributed by atoms with Gasteiger partial charge in [0.15, 0.2) is 5.52 Å². The van der Waals surface area contributed by atoms with Crippen LogP contribution in [0.3, 0.4) is 0 Å². The maximum absolute atomic E-state index is 13.8. The minimum absolute atomic E-state index is 0.00945. The monoisotopic (exact) mass is 380 g/mol. The van der Waals surface area contributed by atoms with Gasteiger partial charge in [-0.1, -0.05) is 18.9 Å². The first-order valence-corrected chi connectivity index (χ1v) is 8.65. The van der Waals surface area contributed by atoms with E-state index >= 15 is 0 Å². The third kappa shape index (κ3) is 3.33. The van der Waals surface area contributed by atoms with Crippen molar-refractivity contribution in [3.05, 3.63) is 57.0 Å². The van der Waals surface area contributed by atoms with Crippen molar-refractivity contribution in [3.8, 4) is 0 Å². The molecule has 2 heterocycles. The fourth-order valence-electron chi connectivity index (χ4n) is 3.65. The summed E-state index contributed by atoms with van der Waals surface area (Å²) < 4.78 is 51.8. The topological polar surface area (TPSA) is 74.4 Å². The summed E-state index contributed by atoms with van der Waals surface area (Å²) in [5.74, 6) is -0.827. The molecule has 1 fully saturated rings. The number of H-pyrrole nitrogens is 2. The summed E-state index contributed by atoms with van der Waals surface area (Å²) in [4.78, 5) is 19.3. The quantitative estimate of drug-likeness (QED) is 0.673. The highest BCUT2D eigenvalue weighted by Crippen LogP contribution is 2.35. The first-order chi connectivity index (χ1) is 12.8. The van der Waals surface area contributed by atoms with Gasteiger partial charge in [-0.25, -0.2) is 9.37 Å². The predicted octanol–water partition coefficient (Wildman–Crippen LogP) is 4.05. The van der Waals surface area contributed by atoms with Gasteiger partial charge in [-0.3, -0.25) is 9.89 Å². The Labute approximate surface area is 150 Å². The Morgan fingerprint density at radius 3 is 2.56 bits per heavy atom. The van der Waals surface area contributed by atoms with Crippen molar-refractivity contribution in [1.29, 1.82) is 0 Å². The fourth-order valence-corrected chi connectivity index (χ4v) is 3.65. The van der Waals surface area contributed by atoms with Crippen molar-refractivity contribution < 1.29 is 17.6 Å². The maximum Gasteiger partial charge on any atom is 0.419 e. The Kier molecular flexibility index (Phi) is 4.24. The zero-order valence-corrected chi connectivity index (χ0v) is 14.2. The van der Waals surface area contributed by atoms with E-state index in [1.165, 1.54) is 6.07 Å². The average molecular weight is 380 g/mol. The van der Waals surface area contributed by atoms with E-state index in [1.54, 1.807) is 0 Å². The van der Waals surface area contributed by atoms with Crippen LogP contribution in [0, 0.1) is 5.82 Å². The lowest BCUT2D eigenvalue weighted by Crippen LogP contribution is -2.13. The van der Waals surface area contributed by atoms with Gasteiger partial charge in [0.1, 0.15) is 17.2 Å². The first-order valence-electron chi connectivity index (χ1n) is 8.65. The third-order valence-corrected chi connectivity index (χ3v) is 4.96. The number of aromatic amines is 2. The summed E-state index contributed by atoms with van der Waals surface area (Å²) in [6.07, 6.45) is -0.550. The van der Waals surface area contributed by atoms with Crippen molar-refractivity contribution in [3.63, 3.8) is 0 Å². The minimum atomic E-state index is -4.75. The molecular formula is C18H16F4N4O. The largest absolute Gasteiger partial charge is 0.419 e. The number of hydrogen-bond acceptors (Lipinski definition) is 3. The van der Waals surface area contributed by atoms with Crippen LogP contribution in [0.2, 0.25) is 0 Å². The van der Waals surface area contributed by atoms with Crippen molar-refractivity contribution >= 4 is 11.0 Å². The zero-order valence-electron chi connectivity index (χ0n) is 14.2. The van der Waals surface area contributed by atoms with E-state index in [1.807, 2.05) is 0 Å². The molecule has 0 aliphatic heterocycles. The Hall–Kier alpha value is -2.71. The molecule has 0 bridgehead atoms. The Bertz CT molecular complexity index is 1050. The Morgan fingerprint density at radius 1 is 1.15 bits per heavy atom. The molecule has 0 amide bonds. The number of benzene rings is 1. The highest BCUT2D eigenvalue weighted by molar-refractivity contribution is 5.76. The molecule has 0 spiro atoms. The summed E-state index contributed by atoms with van der Waals surface area (Å²) in [7, 11) is 0. The van der Waals surface area contributed by atoms with Gasteiger partial charge < -0.3 is 4.98 Å². The molecule has 5 nitrogen and oxygen atoms in total. The number of hydrogen-bond donors (Lipinski definition) is 2. The van der Waals surface area contributed by atoms with E-state index in [0.29, 0.717) is 11.6 Å². The van der Waals surface area contributed by atoms with E-state index in [2.05, 4.69) is 20.2 Å². The van der Waals surface area contributed by atoms with Gasteiger partial charge in [-0.05, 0) is 30.5 Å². The molecule has 1 saturated carbocycles. The number of fused-ring (bicyclic) bond motifs is 1. The van der Waals surface area contributed by atoms with Crippen LogP contribution in [-0.4, -0.2) is 20.2 Å². The number of nitrogens with zero attached hydrogens (tertiary/aromatic N) is 2. The van der Waals surface area contributed by atoms with Crippen LogP contribution in [-0.2, 0) is 12.6 Å². The zero-order chi connectivity index (χ0) is 19.2. The SMILES string of the molecule is O=c1[nH]c(Cc2ccc(C(F)(F)F)c(F)c2)nc2c(C3CCCC3)[nH]nc12. The van der Waals surface area contributed by atoms with Gasteiger partial charge in [-0.2, -0.15) is 18.3 Å². The molecule has 9 heteroatoms. The maximum atomic E-state index is 13.8. The predicted molar refractivity (Wildman–Crippen MR) is 89.9 cm³/mol. The molecule has 27 heavy (non-hydrogen) atoms. The van der Waals surface area contributed by atoms with Crippen LogP contribution in [0.4, 0.5) is 17.6 Å². The Balaban J connectivity index is 1.69. The van der Waals surface area contributed by atoms with Gasteiger partial charge in [0, 0.05) is 12.3 Å². The summed E-state index contributed by atoms with van der Waals surface area (Å²) in [6.45, 7) is 0. The summed E-state index contributed by atoms with van der Waals surface area (Å²) in [6, 6.07) is 2.70. The van der Waals surface area contributed by atoms with Crippen LogP contribution in [0.15, 0.2) is 23.0 Å². The van der Waals surface area contributed by atoms with Crippen LogP contribution in [0.25, 0.3) is 11.0 Å². The van der Waals surface area contributed by atoms with Crippen molar-refractivity contribution in [2.45, 2.75) is 44.2 Å². The molecule has 2 aromatic heterocycles. The number of alkyl halides is 3. The number of aromatic nitrogens is 4. The van der Waals surface area contributed by atoms with Gasteiger partial charge in [0.2, 0.25) is 0 Å². The molecular weight excluding hydrogens is 364 g/mol. The van der Waals surface area contributed by atoms with Crippen molar-refractivity contribution in [1.82, 2.24) is 20.2 Å². The molecule has 1 aromatic carbocycles. The lowest BCUT2D eigenvalue weighted by molar-refractivity contribution is -0.140. The highest BCUT2D eigenvalue weighted by atomic mass is 19.4. The molecule has 1 aliphatic rings. The van der Waals surface area contributed by atoms with Gasteiger partial charge in [0.05, 0.1) is 11.3 Å². The fraction of sp³-hybridized carbons (Fsp3) is 0.389. The van der Waals surface area contributed by atoms with E-state index in [9.17, 15) is 22.4 Å². The van der Waals surface area contributed by atoms with Crippen LogP contribution >= 0.6 is 0 Å². The van der Waals surface area contributed by atoms with Gasteiger partial charge >= 0.3 is 6.18 Å². The van der Waals surface area contributed by atoms with Crippen molar-refractivity contribution in [2.24, 2.45) is 0 Å². The van der Waals surface area contributed by atoms with Crippen LogP contribution in [0.5, 0.6) is 0 Å². The molecule has 4 rings (SSSR count). The second kappa shape index (κ2) is 6.47. The molecule has 1 aliphatic carbocycles. The summed E-state index contributed by atoms with van der Waals surface area (Å²) in [5, 5.41) is 6.95. The molecule has 0 unspecified atom stereocenters. The van der Waals surface area contributed by atoms with E-state index in [4.69, 9.17) is 0 Å². The van der Waals surface area contributed by atoms with Crippen molar-refractivity contribution in [2.75, 3.05) is 0 Å². The molecule has 3 aromatic rings. The van der Waals surface area contributed by atoms with E-state index < -0.39 is 23.1 Å². The summed E-state index contributed by atoms with van der Waals surface area (Å²) in [5.41, 5.74) is 0.0408. The summed E-state index contributed by atoms with van der Waals surface area (Å²) >= 11 is 0. The van der Waals surface area contributed by atoms with Gasteiger partial charge in [0.25, 0.3) is 5.56 Å². The number of rotatable bonds is 3. The number of nitrogens with one attached hydrogen (secondary N) is 2. The molecule has 0 saturated heterocycles. The van der Waals surface area contributed by atoms with Crippen LogP contribution in [0.1, 0.15) is 54.2 Å². The molecule has 142 valence electrons. The molecule has 0 atom stereocenters. The number of halogens is 4. The van der Waals surface area contributed by atoms with Gasteiger partial charge in [-0.15, -0.1) is 0 Å². The Morgan fingerprint density at radius 2 is 1.89 bits per heavy atom. The lowest BCUT2D eigenvalue weighted by atomic mass is 10.0. The van der Waals surface area contributed by atoms with E-state index in [-0.39, 0.29) is 29.2 Å². The lowest BCUT2D eigenvalue weighted by Gasteiger charge is -2.09. The van der Waals surface area contributed by atoms with E-state index in [0.717, 1.165) is 37.4 Å². The molecule has 2 N–H and O–H groups in total. The average Bonchev–Trinajstić information content (AvgIpc) is 3.22. The smallest absolute Gasteiger partial charge is 0.308 e. The molecule has 0 radical (unpaired) electrons. The standard InChI is InChI=1S/C18H16F4N4O/c19-12-7-9(5-6-11(12)18(20,21)22)8-13-23-15-14(10-3-1-2-4-10)25-26-16(15)17(27)24-13/h5-7,10H,1-4,8H2,(H,25,26)(H,23,24,27). The van der Waals surface area contributed by atoms with Crippen LogP contribution < -0.4 is 5.56 Å².